The molecule has 7 nitrogen and oxygen atoms in total. The van der Waals surface area contributed by atoms with Gasteiger partial charge in [-0.2, -0.15) is 4.31 Å². The zero-order chi connectivity index (χ0) is 25.1. The van der Waals surface area contributed by atoms with Gasteiger partial charge >= 0.3 is 0 Å². The number of rotatable bonds is 8. The maximum atomic E-state index is 13.5. The molecule has 4 rings (SSSR count). The number of carbonyl (C=O) groups is 2. The molecular weight excluding hydrogens is 486 g/mol. The lowest BCUT2D eigenvalue weighted by Gasteiger charge is -2.54. The molecule has 2 aliphatic rings. The van der Waals surface area contributed by atoms with Gasteiger partial charge in [0.05, 0.1) is 4.90 Å². The fourth-order valence-corrected chi connectivity index (χ4v) is 7.05. The van der Waals surface area contributed by atoms with Crippen molar-refractivity contribution in [1.29, 1.82) is 0 Å². The van der Waals surface area contributed by atoms with Crippen molar-refractivity contribution in [2.75, 3.05) is 13.1 Å². The van der Waals surface area contributed by atoms with Gasteiger partial charge in [-0.25, -0.2) is 8.42 Å². The highest BCUT2D eigenvalue weighted by Crippen LogP contribution is 2.46. The number of nitrogens with zero attached hydrogens (tertiary/aromatic N) is 1. The highest BCUT2D eigenvalue weighted by molar-refractivity contribution is 7.89. The molecule has 1 spiro atoms. The number of halogens is 1. The molecule has 1 saturated heterocycles. The lowest BCUT2D eigenvalue weighted by molar-refractivity contribution is -0.117. The minimum atomic E-state index is -3.73. The first-order valence-corrected chi connectivity index (χ1v) is 13.6. The Morgan fingerprint density at radius 2 is 1.91 bits per heavy atom. The summed E-state index contributed by atoms with van der Waals surface area (Å²) < 4.78 is 28.7. The first kappa shape index (κ1) is 25.4. The molecule has 1 heterocycles. The van der Waals surface area contributed by atoms with E-state index in [0.717, 1.165) is 24.8 Å². The molecular formula is C26H30ClN3O4S. The van der Waals surface area contributed by atoms with E-state index in [9.17, 15) is 18.0 Å². The van der Waals surface area contributed by atoms with Crippen molar-refractivity contribution in [2.24, 2.45) is 0 Å². The van der Waals surface area contributed by atoms with E-state index in [4.69, 9.17) is 11.6 Å². The molecule has 1 saturated carbocycles. The number of nitrogens with one attached hydrogen (secondary N) is 2. The Morgan fingerprint density at radius 3 is 2.54 bits per heavy atom. The van der Waals surface area contributed by atoms with Gasteiger partial charge in [-0.1, -0.05) is 30.3 Å². The molecule has 35 heavy (non-hydrogen) atoms. The van der Waals surface area contributed by atoms with E-state index in [1.807, 2.05) is 18.2 Å². The number of piperidine rings is 1. The molecule has 9 heteroatoms. The second-order valence-corrected chi connectivity index (χ2v) is 11.5. The molecule has 2 amide bonds. The summed E-state index contributed by atoms with van der Waals surface area (Å²) in [4.78, 5) is 24.4. The van der Waals surface area contributed by atoms with Gasteiger partial charge < -0.3 is 10.6 Å². The fraction of sp³-hybridized carbons (Fsp3) is 0.385. The lowest BCUT2D eigenvalue weighted by atomic mass is 9.70. The van der Waals surface area contributed by atoms with E-state index in [2.05, 4.69) is 17.2 Å². The zero-order valence-corrected chi connectivity index (χ0v) is 21.1. The summed E-state index contributed by atoms with van der Waals surface area (Å²) >= 11 is 5.99. The van der Waals surface area contributed by atoms with E-state index < -0.39 is 15.6 Å². The Bertz CT molecular complexity index is 1210. The predicted molar refractivity (Wildman–Crippen MR) is 136 cm³/mol. The molecule has 2 fully saturated rings. The van der Waals surface area contributed by atoms with E-state index in [0.29, 0.717) is 42.9 Å². The number of carbonyl (C=O) groups excluding carboxylic acids is 2. The Labute approximate surface area is 211 Å². The molecule has 0 aromatic heterocycles. The van der Waals surface area contributed by atoms with Crippen LogP contribution in [-0.4, -0.2) is 49.2 Å². The average molecular weight is 516 g/mol. The Hall–Kier alpha value is -2.68. The van der Waals surface area contributed by atoms with Crippen LogP contribution in [0, 0.1) is 0 Å². The third-order valence-corrected chi connectivity index (χ3v) is 9.20. The molecule has 1 aliphatic heterocycles. The van der Waals surface area contributed by atoms with Crippen molar-refractivity contribution in [3.8, 4) is 0 Å². The Morgan fingerprint density at radius 1 is 1.17 bits per heavy atom. The second kappa shape index (κ2) is 10.5. The van der Waals surface area contributed by atoms with Gasteiger partial charge in [0.2, 0.25) is 15.9 Å². The first-order chi connectivity index (χ1) is 16.7. The zero-order valence-electron chi connectivity index (χ0n) is 19.5. The summed E-state index contributed by atoms with van der Waals surface area (Å²) in [6, 6.07) is 13.5. The fourth-order valence-electron chi connectivity index (χ4n) is 4.99. The third kappa shape index (κ3) is 5.60. The molecule has 1 unspecified atom stereocenters. The smallest absolute Gasteiger partial charge is 0.251 e. The topological polar surface area (TPSA) is 95.6 Å². The van der Waals surface area contributed by atoms with Crippen molar-refractivity contribution in [3.05, 3.63) is 77.3 Å². The van der Waals surface area contributed by atoms with E-state index in [-0.39, 0.29) is 22.8 Å². The van der Waals surface area contributed by atoms with Crippen LogP contribution in [0.3, 0.4) is 0 Å². The summed E-state index contributed by atoms with van der Waals surface area (Å²) in [5.41, 5.74) is 0.961. The van der Waals surface area contributed by atoms with Gasteiger partial charge in [0.1, 0.15) is 0 Å². The first-order valence-electron chi connectivity index (χ1n) is 11.8. The van der Waals surface area contributed by atoms with Gasteiger partial charge in [0.15, 0.2) is 0 Å². The van der Waals surface area contributed by atoms with Crippen LogP contribution in [0.4, 0.5) is 0 Å². The summed E-state index contributed by atoms with van der Waals surface area (Å²) in [6.07, 6.45) is 5.55. The van der Waals surface area contributed by atoms with Crippen molar-refractivity contribution in [2.45, 2.75) is 55.0 Å². The monoisotopic (exact) mass is 515 g/mol. The number of hydrogen-bond acceptors (Lipinski definition) is 4. The van der Waals surface area contributed by atoms with Crippen LogP contribution in [0.2, 0.25) is 5.02 Å². The van der Waals surface area contributed by atoms with Crippen LogP contribution >= 0.6 is 11.6 Å². The molecule has 1 aliphatic carbocycles. The minimum Gasteiger partial charge on any atom is -0.352 e. The summed E-state index contributed by atoms with van der Waals surface area (Å²) in [5.74, 6) is -0.493. The normalized spacial score (nSPS) is 19.5. The molecule has 2 aromatic rings. The van der Waals surface area contributed by atoms with Crippen LogP contribution in [0.5, 0.6) is 0 Å². The van der Waals surface area contributed by atoms with Crippen LogP contribution in [0.1, 0.15) is 48.0 Å². The van der Waals surface area contributed by atoms with Gasteiger partial charge in [0.25, 0.3) is 5.91 Å². The number of sulfonamides is 1. The van der Waals surface area contributed by atoms with Crippen molar-refractivity contribution >= 4 is 33.4 Å². The Kier molecular flexibility index (Phi) is 7.64. The van der Waals surface area contributed by atoms with Crippen molar-refractivity contribution < 1.29 is 18.0 Å². The van der Waals surface area contributed by atoms with Crippen LogP contribution in [0.15, 0.2) is 66.1 Å². The lowest BCUT2D eigenvalue weighted by Crippen LogP contribution is -2.63. The summed E-state index contributed by atoms with van der Waals surface area (Å²) in [7, 11) is -3.73. The number of amides is 2. The summed E-state index contributed by atoms with van der Waals surface area (Å²) in [5, 5.41) is 6.44. The maximum Gasteiger partial charge on any atom is 0.251 e. The van der Waals surface area contributed by atoms with Gasteiger partial charge in [-0.05, 0) is 86.6 Å². The van der Waals surface area contributed by atoms with E-state index in [1.165, 1.54) is 18.2 Å². The van der Waals surface area contributed by atoms with Crippen LogP contribution in [0.25, 0.3) is 0 Å². The molecule has 186 valence electrons. The van der Waals surface area contributed by atoms with Crippen LogP contribution < -0.4 is 10.6 Å². The highest BCUT2D eigenvalue weighted by atomic mass is 35.5. The second-order valence-electron chi connectivity index (χ2n) is 9.22. The third-order valence-electron chi connectivity index (χ3n) is 6.94. The number of benzene rings is 2. The highest BCUT2D eigenvalue weighted by Gasteiger charge is 2.51. The Balaban J connectivity index is 1.40. The maximum absolute atomic E-state index is 13.5. The molecule has 1 atom stereocenters. The van der Waals surface area contributed by atoms with Crippen molar-refractivity contribution in [1.82, 2.24) is 14.9 Å². The van der Waals surface area contributed by atoms with Gasteiger partial charge in [-0.15, -0.1) is 0 Å². The summed E-state index contributed by atoms with van der Waals surface area (Å²) in [6.45, 7) is 4.28. The van der Waals surface area contributed by atoms with E-state index in [1.54, 1.807) is 22.5 Å². The van der Waals surface area contributed by atoms with E-state index >= 15 is 0 Å². The van der Waals surface area contributed by atoms with Gasteiger partial charge in [0, 0.05) is 35.3 Å². The minimum absolute atomic E-state index is 0.0646. The van der Waals surface area contributed by atoms with Crippen LogP contribution in [-0.2, 0) is 21.2 Å². The quantitative estimate of drug-likeness (QED) is 0.524. The largest absolute Gasteiger partial charge is 0.352 e. The van der Waals surface area contributed by atoms with Gasteiger partial charge in [-0.3, -0.25) is 9.59 Å². The number of hydrogen-bond donors (Lipinski definition) is 2. The van der Waals surface area contributed by atoms with Crippen molar-refractivity contribution in [3.63, 3.8) is 0 Å². The molecule has 0 radical (unpaired) electrons. The molecule has 2 aromatic carbocycles. The standard InChI is InChI=1S/C26H30ClN3O4S/c1-2-24(31)29-22-12-16-30(26(18-22)13-4-14-26)35(33,34)23-9-7-20(8-10-23)25(32)28-15-11-19-5-3-6-21(27)17-19/h2-3,5-10,17,22H,1,4,11-16,18H2,(H,28,32)(H,29,31). The molecule has 2 N–H and O–H groups in total. The predicted octanol–water partition coefficient (Wildman–Crippen LogP) is 3.69. The average Bonchev–Trinajstić information content (AvgIpc) is 2.83. The molecule has 0 bridgehead atoms. The SMILES string of the molecule is C=CC(=O)NC1CCN(S(=O)(=O)c2ccc(C(=O)NCCc3cccc(Cl)c3)cc2)C2(CCC2)C1.